The second-order valence-electron chi connectivity index (χ2n) is 6.10. The van der Waals surface area contributed by atoms with Gasteiger partial charge < -0.3 is 4.90 Å². The van der Waals surface area contributed by atoms with E-state index in [0.717, 1.165) is 24.2 Å². The van der Waals surface area contributed by atoms with Gasteiger partial charge in [-0.05, 0) is 49.2 Å². The molecule has 3 aromatic rings. The molecule has 1 aromatic heterocycles. The lowest BCUT2D eigenvalue weighted by Crippen LogP contribution is -2.35. The molecule has 1 aliphatic rings. The molecule has 0 unspecified atom stereocenters. The first-order valence-electron chi connectivity index (χ1n) is 8.36. The van der Waals surface area contributed by atoms with Gasteiger partial charge in [0.15, 0.2) is 5.82 Å². The Morgan fingerprint density at radius 2 is 2.00 bits per heavy atom. The van der Waals surface area contributed by atoms with Crippen LogP contribution in [-0.2, 0) is 11.2 Å². The summed E-state index contributed by atoms with van der Waals surface area (Å²) in [6.45, 7) is 2.62. The number of nitrogens with zero attached hydrogens (tertiary/aromatic N) is 3. The van der Waals surface area contributed by atoms with E-state index in [9.17, 15) is 4.79 Å². The van der Waals surface area contributed by atoms with Gasteiger partial charge in [0.1, 0.15) is 0 Å². The molecule has 0 aliphatic carbocycles. The highest BCUT2D eigenvalue weighted by molar-refractivity contribution is 8.00. The first-order valence-corrected chi connectivity index (χ1v) is 9.62. The van der Waals surface area contributed by atoms with Crippen LogP contribution in [0.4, 0.5) is 5.69 Å². The number of thioether (sulfide) groups is 1. The Bertz CT molecular complexity index is 941. The summed E-state index contributed by atoms with van der Waals surface area (Å²) >= 11 is 7.27. The number of para-hydroxylation sites is 1. The van der Waals surface area contributed by atoms with Gasteiger partial charge in [0.2, 0.25) is 11.1 Å². The zero-order valence-electron chi connectivity index (χ0n) is 14.1. The van der Waals surface area contributed by atoms with Crippen molar-refractivity contribution >= 4 is 35.0 Å². The average Bonchev–Trinajstić information content (AvgIpc) is 3.29. The molecule has 0 radical (unpaired) electrons. The maximum Gasteiger partial charge on any atom is 0.240 e. The summed E-state index contributed by atoms with van der Waals surface area (Å²) in [5, 5.41) is 8.12. The lowest BCUT2D eigenvalue weighted by molar-refractivity contribution is -0.117. The summed E-state index contributed by atoms with van der Waals surface area (Å²) in [7, 11) is 0. The maximum atomic E-state index is 12.9. The summed E-state index contributed by atoms with van der Waals surface area (Å²) in [6.07, 6.45) is 0.903. The number of amides is 1. The quantitative estimate of drug-likeness (QED) is 0.685. The minimum absolute atomic E-state index is 0.0813. The van der Waals surface area contributed by atoms with Crippen LogP contribution in [0, 0.1) is 0 Å². The molecule has 0 bridgehead atoms. The zero-order chi connectivity index (χ0) is 18.1. The summed E-state index contributed by atoms with van der Waals surface area (Å²) in [5.74, 6) is 0.744. The minimum Gasteiger partial charge on any atom is -0.311 e. The fraction of sp³-hybridized carbons (Fsp3) is 0.211. The van der Waals surface area contributed by atoms with Gasteiger partial charge in [0.05, 0.1) is 5.25 Å². The van der Waals surface area contributed by atoms with Crippen molar-refractivity contribution in [3.63, 3.8) is 0 Å². The van der Waals surface area contributed by atoms with E-state index in [0.29, 0.717) is 16.0 Å². The molecule has 0 fully saturated rings. The van der Waals surface area contributed by atoms with Gasteiger partial charge in [-0.15, -0.1) is 5.10 Å². The van der Waals surface area contributed by atoms with E-state index in [4.69, 9.17) is 11.6 Å². The third-order valence-corrected chi connectivity index (χ3v) is 5.57. The van der Waals surface area contributed by atoms with Crippen LogP contribution < -0.4 is 4.90 Å². The van der Waals surface area contributed by atoms with Crippen molar-refractivity contribution in [2.24, 2.45) is 0 Å². The third-order valence-electron chi connectivity index (χ3n) is 4.37. The molecule has 7 heteroatoms. The van der Waals surface area contributed by atoms with Crippen molar-refractivity contribution in [3.05, 3.63) is 59.1 Å². The molecule has 2 heterocycles. The number of fused-ring (bicyclic) bond motifs is 1. The highest BCUT2D eigenvalue weighted by atomic mass is 35.5. The second kappa shape index (κ2) is 7.13. The monoisotopic (exact) mass is 384 g/mol. The molecule has 2 aromatic carbocycles. The number of halogens is 1. The highest BCUT2D eigenvalue weighted by Crippen LogP contribution is 2.31. The van der Waals surface area contributed by atoms with Crippen LogP contribution in [0.3, 0.4) is 0 Å². The maximum absolute atomic E-state index is 12.9. The molecule has 0 saturated heterocycles. The smallest absolute Gasteiger partial charge is 0.240 e. The Labute approximate surface area is 160 Å². The number of aromatic amines is 1. The Balaban J connectivity index is 1.46. The van der Waals surface area contributed by atoms with E-state index in [-0.39, 0.29) is 11.2 Å². The standard InChI is InChI=1S/C19H17ClN4OS/c1-12(18(25)24-11-10-13-4-2-3-5-16(13)24)26-19-21-17(22-23-19)14-6-8-15(20)9-7-14/h2-9,12H,10-11H2,1H3,(H,21,22,23)/t12-/m0/s1. The van der Waals surface area contributed by atoms with E-state index in [1.54, 1.807) is 0 Å². The van der Waals surface area contributed by atoms with E-state index >= 15 is 0 Å². The van der Waals surface area contributed by atoms with Gasteiger partial charge in [-0.2, -0.15) is 0 Å². The number of aromatic nitrogens is 3. The Morgan fingerprint density at radius 1 is 1.23 bits per heavy atom. The van der Waals surface area contributed by atoms with Crippen LogP contribution in [0.2, 0.25) is 5.02 Å². The fourth-order valence-corrected chi connectivity index (χ4v) is 3.94. The molecule has 1 N–H and O–H groups in total. The number of rotatable bonds is 4. The van der Waals surface area contributed by atoms with E-state index in [2.05, 4.69) is 21.2 Å². The van der Waals surface area contributed by atoms with E-state index in [1.165, 1.54) is 17.3 Å². The average molecular weight is 385 g/mol. The van der Waals surface area contributed by atoms with Crippen LogP contribution in [0.25, 0.3) is 11.4 Å². The van der Waals surface area contributed by atoms with Crippen molar-refractivity contribution in [3.8, 4) is 11.4 Å². The van der Waals surface area contributed by atoms with E-state index < -0.39 is 0 Å². The van der Waals surface area contributed by atoms with Gasteiger partial charge in [0.25, 0.3) is 0 Å². The van der Waals surface area contributed by atoms with Crippen LogP contribution in [0.5, 0.6) is 0 Å². The number of H-pyrrole nitrogens is 1. The zero-order valence-corrected chi connectivity index (χ0v) is 15.7. The minimum atomic E-state index is -0.268. The van der Waals surface area contributed by atoms with Crippen LogP contribution in [0.15, 0.2) is 53.7 Å². The first-order chi connectivity index (χ1) is 12.6. The predicted octanol–water partition coefficient (Wildman–Crippen LogP) is 4.20. The van der Waals surface area contributed by atoms with Crippen molar-refractivity contribution in [1.29, 1.82) is 0 Å². The predicted molar refractivity (Wildman–Crippen MR) is 105 cm³/mol. The summed E-state index contributed by atoms with van der Waals surface area (Å²) < 4.78 is 0. The molecule has 1 atom stereocenters. The molecule has 5 nitrogen and oxygen atoms in total. The molecule has 4 rings (SSSR count). The number of hydrogen-bond donors (Lipinski definition) is 1. The van der Waals surface area contributed by atoms with Gasteiger partial charge in [0, 0.05) is 22.8 Å². The number of benzene rings is 2. The van der Waals surface area contributed by atoms with Crippen LogP contribution >= 0.6 is 23.4 Å². The number of anilines is 1. The number of hydrogen-bond acceptors (Lipinski definition) is 4. The number of carbonyl (C=O) groups excluding carboxylic acids is 1. The van der Waals surface area contributed by atoms with Crippen molar-refractivity contribution in [2.45, 2.75) is 23.8 Å². The van der Waals surface area contributed by atoms with Crippen molar-refractivity contribution in [1.82, 2.24) is 15.2 Å². The molecular formula is C19H17ClN4OS. The second-order valence-corrected chi connectivity index (χ2v) is 7.85. The van der Waals surface area contributed by atoms with Crippen molar-refractivity contribution < 1.29 is 4.79 Å². The molecule has 26 heavy (non-hydrogen) atoms. The number of carbonyl (C=O) groups is 1. The highest BCUT2D eigenvalue weighted by Gasteiger charge is 2.29. The normalized spacial score (nSPS) is 14.3. The topological polar surface area (TPSA) is 61.9 Å². The molecule has 132 valence electrons. The largest absolute Gasteiger partial charge is 0.311 e. The van der Waals surface area contributed by atoms with Crippen LogP contribution in [-0.4, -0.2) is 32.9 Å². The lowest BCUT2D eigenvalue weighted by Gasteiger charge is -2.20. The SMILES string of the molecule is C[C@H](Sc1n[nH]c(-c2ccc(Cl)cc2)n1)C(=O)N1CCc2ccccc21. The van der Waals surface area contributed by atoms with E-state index in [1.807, 2.05) is 54.3 Å². The molecule has 0 saturated carbocycles. The van der Waals surface area contributed by atoms with Crippen molar-refractivity contribution in [2.75, 3.05) is 11.4 Å². The Kier molecular flexibility index (Phi) is 4.70. The fourth-order valence-electron chi connectivity index (χ4n) is 3.03. The molecule has 0 spiro atoms. The molecule has 1 aliphatic heterocycles. The Hall–Kier alpha value is -2.31. The third kappa shape index (κ3) is 3.34. The van der Waals surface area contributed by atoms with Gasteiger partial charge in [-0.1, -0.05) is 41.6 Å². The summed E-state index contributed by atoms with van der Waals surface area (Å²) in [4.78, 5) is 19.2. The van der Waals surface area contributed by atoms with Gasteiger partial charge in [-0.25, -0.2) is 4.98 Å². The summed E-state index contributed by atoms with van der Waals surface area (Å²) in [5.41, 5.74) is 3.14. The lowest BCUT2D eigenvalue weighted by atomic mass is 10.2. The molecule has 1 amide bonds. The Morgan fingerprint density at radius 3 is 2.81 bits per heavy atom. The van der Waals surface area contributed by atoms with Gasteiger partial charge in [-0.3, -0.25) is 9.89 Å². The first kappa shape index (κ1) is 17.1. The van der Waals surface area contributed by atoms with Gasteiger partial charge >= 0.3 is 0 Å². The van der Waals surface area contributed by atoms with Crippen LogP contribution in [0.1, 0.15) is 12.5 Å². The molecular weight excluding hydrogens is 368 g/mol. The summed E-state index contributed by atoms with van der Waals surface area (Å²) in [6, 6.07) is 15.4. The number of nitrogens with one attached hydrogen (secondary N) is 1.